The third-order valence-electron chi connectivity index (χ3n) is 2.67. The summed E-state index contributed by atoms with van der Waals surface area (Å²) in [5.41, 5.74) is 2.72. The minimum Gasteiger partial charge on any atom is -0.342 e. The molecule has 0 aromatic rings. The van der Waals surface area contributed by atoms with Crippen LogP contribution in [0.5, 0.6) is 0 Å². The van der Waals surface area contributed by atoms with E-state index in [9.17, 15) is 4.79 Å². The molecule has 0 aliphatic heterocycles. The first kappa shape index (κ1) is 16.0. The second-order valence-corrected chi connectivity index (χ2v) is 5.24. The molecule has 17 heavy (non-hydrogen) atoms. The van der Waals surface area contributed by atoms with Crippen LogP contribution in [0.15, 0.2) is 23.3 Å². The van der Waals surface area contributed by atoms with Crippen LogP contribution in [-0.2, 0) is 4.79 Å². The first-order valence-electron chi connectivity index (χ1n) is 6.38. The van der Waals surface area contributed by atoms with Crippen LogP contribution in [0.3, 0.4) is 0 Å². The Bertz CT molecular complexity index is 296. The van der Waals surface area contributed by atoms with Gasteiger partial charge in [-0.1, -0.05) is 37.1 Å². The van der Waals surface area contributed by atoms with Crippen molar-refractivity contribution in [1.82, 2.24) is 4.90 Å². The average Bonchev–Trinajstić information content (AvgIpc) is 2.24. The summed E-state index contributed by atoms with van der Waals surface area (Å²) in [6, 6.07) is 0. The van der Waals surface area contributed by atoms with Gasteiger partial charge in [-0.15, -0.1) is 0 Å². The number of nitrogens with zero attached hydrogens (tertiary/aromatic N) is 1. The van der Waals surface area contributed by atoms with Crippen LogP contribution in [0.2, 0.25) is 0 Å². The van der Waals surface area contributed by atoms with Crippen molar-refractivity contribution in [3.8, 4) is 0 Å². The maximum Gasteiger partial charge on any atom is 0.225 e. The largest absolute Gasteiger partial charge is 0.342 e. The second-order valence-electron chi connectivity index (χ2n) is 5.24. The van der Waals surface area contributed by atoms with Gasteiger partial charge in [0.25, 0.3) is 0 Å². The number of amides is 1. The topological polar surface area (TPSA) is 20.3 Å². The van der Waals surface area contributed by atoms with Crippen molar-refractivity contribution < 1.29 is 4.79 Å². The summed E-state index contributed by atoms with van der Waals surface area (Å²) in [7, 11) is 1.86. The smallest absolute Gasteiger partial charge is 0.225 e. The van der Waals surface area contributed by atoms with E-state index in [2.05, 4.69) is 32.9 Å². The first-order chi connectivity index (χ1) is 7.84. The summed E-state index contributed by atoms with van der Waals surface area (Å²) in [6.07, 6.45) is 6.57. The lowest BCUT2D eigenvalue weighted by atomic mass is 10.1. The molecule has 0 aromatic carbocycles. The highest BCUT2D eigenvalue weighted by Crippen LogP contribution is 2.07. The van der Waals surface area contributed by atoms with Crippen molar-refractivity contribution in [2.24, 2.45) is 5.92 Å². The maximum absolute atomic E-state index is 11.6. The number of allylic oxidation sites excluding steroid dienone is 3. The molecule has 0 rings (SSSR count). The minimum absolute atomic E-state index is 0.0828. The normalized spacial score (nSPS) is 11.6. The van der Waals surface area contributed by atoms with Crippen molar-refractivity contribution in [1.29, 1.82) is 0 Å². The van der Waals surface area contributed by atoms with Gasteiger partial charge in [-0.2, -0.15) is 0 Å². The molecule has 2 heteroatoms. The third-order valence-corrected chi connectivity index (χ3v) is 2.67. The Kier molecular flexibility index (Phi) is 7.60. The van der Waals surface area contributed by atoms with E-state index in [0.29, 0.717) is 0 Å². The van der Waals surface area contributed by atoms with Gasteiger partial charge in [0.1, 0.15) is 0 Å². The van der Waals surface area contributed by atoms with Crippen LogP contribution in [0.25, 0.3) is 0 Å². The molecule has 98 valence electrons. The molecule has 1 amide bonds. The monoisotopic (exact) mass is 237 g/mol. The molecule has 0 aliphatic carbocycles. The van der Waals surface area contributed by atoms with E-state index in [1.807, 2.05) is 20.9 Å². The Hall–Kier alpha value is -1.05. The van der Waals surface area contributed by atoms with Crippen molar-refractivity contribution in [3.63, 3.8) is 0 Å². The molecular formula is C15H27NO. The molecule has 0 heterocycles. The Morgan fingerprint density at radius 3 is 2.24 bits per heavy atom. The fourth-order valence-electron chi connectivity index (χ4n) is 1.51. The van der Waals surface area contributed by atoms with Crippen LogP contribution in [0.4, 0.5) is 0 Å². The van der Waals surface area contributed by atoms with Gasteiger partial charge < -0.3 is 4.90 Å². The highest BCUT2D eigenvalue weighted by atomic mass is 16.2. The number of rotatable bonds is 6. The van der Waals surface area contributed by atoms with Gasteiger partial charge in [0.05, 0.1) is 0 Å². The van der Waals surface area contributed by atoms with Gasteiger partial charge >= 0.3 is 0 Å². The lowest BCUT2D eigenvalue weighted by molar-refractivity contribution is -0.132. The molecule has 0 aromatic heterocycles. The van der Waals surface area contributed by atoms with Gasteiger partial charge in [0, 0.05) is 19.5 Å². The molecule has 0 saturated heterocycles. The fraction of sp³-hybridized carbons (Fsp3) is 0.667. The highest BCUT2D eigenvalue weighted by Gasteiger charge is 2.10. The van der Waals surface area contributed by atoms with Crippen LogP contribution >= 0.6 is 0 Å². The lowest BCUT2D eigenvalue weighted by Crippen LogP contribution is -2.30. The van der Waals surface area contributed by atoms with E-state index in [0.717, 1.165) is 19.4 Å². The molecule has 0 fully saturated rings. The quantitative estimate of drug-likeness (QED) is 0.644. The van der Waals surface area contributed by atoms with Crippen molar-refractivity contribution >= 4 is 5.91 Å². The number of hydrogen-bond acceptors (Lipinski definition) is 1. The van der Waals surface area contributed by atoms with Gasteiger partial charge in [-0.3, -0.25) is 4.79 Å². The van der Waals surface area contributed by atoms with E-state index < -0.39 is 0 Å². The Morgan fingerprint density at radius 1 is 1.18 bits per heavy atom. The standard InChI is InChI=1S/C15H27NO/c1-12(2)8-7-9-14(5)10-11-16(6)15(17)13(3)4/h8,10,13H,7,9,11H2,1-6H3. The molecule has 0 atom stereocenters. The number of carbonyl (C=O) groups is 1. The average molecular weight is 237 g/mol. The molecule has 0 unspecified atom stereocenters. The summed E-state index contributed by atoms with van der Waals surface area (Å²) < 4.78 is 0. The van der Waals surface area contributed by atoms with Gasteiger partial charge in [-0.05, 0) is 33.6 Å². The molecule has 0 bridgehead atoms. The molecule has 0 aliphatic rings. The van der Waals surface area contributed by atoms with Gasteiger partial charge in [0.15, 0.2) is 0 Å². The van der Waals surface area contributed by atoms with Crippen LogP contribution in [-0.4, -0.2) is 24.4 Å². The molecule has 0 radical (unpaired) electrons. The Morgan fingerprint density at radius 2 is 1.76 bits per heavy atom. The molecule has 0 spiro atoms. The number of carbonyl (C=O) groups excluding carboxylic acids is 1. The highest BCUT2D eigenvalue weighted by molar-refractivity contribution is 5.77. The third kappa shape index (κ3) is 7.78. The SMILES string of the molecule is CC(C)=CCCC(C)=CCN(C)C(=O)C(C)C. The number of likely N-dealkylation sites (N-methyl/N-ethyl adjacent to an activating group) is 1. The fourth-order valence-corrected chi connectivity index (χ4v) is 1.51. The van der Waals surface area contributed by atoms with Crippen LogP contribution in [0.1, 0.15) is 47.5 Å². The van der Waals surface area contributed by atoms with E-state index in [4.69, 9.17) is 0 Å². The van der Waals surface area contributed by atoms with E-state index in [-0.39, 0.29) is 11.8 Å². The van der Waals surface area contributed by atoms with E-state index in [1.54, 1.807) is 4.90 Å². The summed E-state index contributed by atoms with van der Waals surface area (Å²) >= 11 is 0. The lowest BCUT2D eigenvalue weighted by Gasteiger charge is -2.17. The summed E-state index contributed by atoms with van der Waals surface area (Å²) in [5, 5.41) is 0. The van der Waals surface area contributed by atoms with Crippen molar-refractivity contribution in [2.45, 2.75) is 47.5 Å². The Labute approximate surface area is 106 Å². The predicted octanol–water partition coefficient (Wildman–Crippen LogP) is 3.79. The number of hydrogen-bond donors (Lipinski definition) is 0. The maximum atomic E-state index is 11.6. The van der Waals surface area contributed by atoms with Crippen molar-refractivity contribution in [3.05, 3.63) is 23.3 Å². The zero-order valence-electron chi connectivity index (χ0n) is 12.2. The molecule has 2 nitrogen and oxygen atoms in total. The first-order valence-corrected chi connectivity index (χ1v) is 6.38. The zero-order chi connectivity index (χ0) is 13.4. The molecular weight excluding hydrogens is 210 g/mol. The Balaban J connectivity index is 4.06. The summed E-state index contributed by atoms with van der Waals surface area (Å²) in [5.74, 6) is 0.290. The minimum atomic E-state index is 0.0828. The van der Waals surface area contributed by atoms with E-state index in [1.165, 1.54) is 11.1 Å². The summed E-state index contributed by atoms with van der Waals surface area (Å²) in [4.78, 5) is 13.4. The molecule has 0 saturated carbocycles. The van der Waals surface area contributed by atoms with Crippen LogP contribution in [0, 0.1) is 5.92 Å². The van der Waals surface area contributed by atoms with Gasteiger partial charge in [-0.25, -0.2) is 0 Å². The van der Waals surface area contributed by atoms with Crippen LogP contribution < -0.4 is 0 Å². The summed E-state index contributed by atoms with van der Waals surface area (Å²) in [6.45, 7) is 11.0. The van der Waals surface area contributed by atoms with Gasteiger partial charge in [0.2, 0.25) is 5.91 Å². The van der Waals surface area contributed by atoms with E-state index >= 15 is 0 Å². The van der Waals surface area contributed by atoms with Crippen molar-refractivity contribution in [2.75, 3.05) is 13.6 Å². The second kappa shape index (κ2) is 8.10. The zero-order valence-corrected chi connectivity index (χ0v) is 12.2. The predicted molar refractivity (Wildman–Crippen MR) is 74.9 cm³/mol. The molecule has 0 N–H and O–H groups in total.